The number of hydrogen-bond donors (Lipinski definition) is 0. The van der Waals surface area contributed by atoms with Gasteiger partial charge in [0.2, 0.25) is 0 Å². The highest BCUT2D eigenvalue weighted by Crippen LogP contribution is 2.52. The molecule has 2 nitrogen and oxygen atoms in total. The third-order valence-corrected chi connectivity index (χ3v) is 12.5. The monoisotopic (exact) mass is 922 g/mol. The summed E-state index contributed by atoms with van der Waals surface area (Å²) in [5.41, 5.74) is 0.870. The molecule has 0 aliphatic heterocycles. The molecule has 0 amide bonds. The third-order valence-electron chi connectivity index (χ3n) is 12.5. The largest absolute Gasteiger partial charge is 0.307 e. The van der Waals surface area contributed by atoms with Crippen LogP contribution in [0.25, 0.3) is 76.8 Å². The minimum Gasteiger partial charge on any atom is -0.307 e. The molecule has 0 heterocycles. The van der Waals surface area contributed by atoms with Crippen LogP contribution in [0.5, 0.6) is 0 Å². The van der Waals surface area contributed by atoms with Crippen LogP contribution in [0, 0.1) is 25.5 Å². The van der Waals surface area contributed by atoms with Gasteiger partial charge in [0, 0.05) is 33.3 Å². The first-order chi connectivity index (χ1) is 41.8. The van der Waals surface area contributed by atoms with Crippen LogP contribution in [0.3, 0.4) is 0 Å². The zero-order chi connectivity index (χ0) is 63.0. The Morgan fingerprint density at radius 1 is 0.357 bits per heavy atom. The van der Waals surface area contributed by atoms with Crippen molar-refractivity contribution < 1.29 is 33.5 Å². The summed E-state index contributed by atoms with van der Waals surface area (Å²) in [5, 5.41) is 3.68. The van der Waals surface area contributed by atoms with E-state index in [2.05, 4.69) is 0 Å². The molecule has 0 spiro atoms. The number of aryl methyl sites for hydroxylation is 2. The van der Waals surface area contributed by atoms with E-state index in [0.717, 1.165) is 35.4 Å². The first-order valence-electron chi connectivity index (χ1n) is 31.2. The second-order valence-electron chi connectivity index (χ2n) is 16.8. The van der Waals surface area contributed by atoms with Crippen LogP contribution >= 0.6 is 0 Å². The molecular formula is C66H46F2N2. The van der Waals surface area contributed by atoms with Crippen molar-refractivity contribution in [2.45, 2.75) is 13.8 Å². The van der Waals surface area contributed by atoms with Crippen molar-refractivity contribution in [1.82, 2.24) is 0 Å². The standard InChI is InChI=1S/C66H46F2N2/c1-43-23-31-53(32-24-43)69(65-57(47-19-11-5-12-20-47)39-51(41-59(65)67)45-15-7-3-8-16-45)61-37-29-49-28-36-56-62(38-30-50-27-35-55(61)63(49)64(50)56)70(54-33-25-44(2)26-34-54)66-58(48-21-13-6-14-22-48)40-52(42-60(66)68)46-17-9-4-10-18-46/h3-42H,1-2H3/i3D,4D,5D,6D,7D,8D,9D,10D,11D,12D,13D,15D,16D,17D,18D,19D,21D,22D. The number of benzene rings is 12. The van der Waals surface area contributed by atoms with E-state index in [0.29, 0.717) is 55.1 Å². The second kappa shape index (κ2) is 17.7. The van der Waals surface area contributed by atoms with Gasteiger partial charge in [-0.25, -0.2) is 8.78 Å². The lowest BCUT2D eigenvalue weighted by Gasteiger charge is -2.31. The summed E-state index contributed by atoms with van der Waals surface area (Å²) >= 11 is 0. The molecule has 12 rings (SSSR count). The molecule has 0 aliphatic rings. The maximum Gasteiger partial charge on any atom is 0.148 e. The Kier molecular flexibility index (Phi) is 6.87. The van der Waals surface area contributed by atoms with Gasteiger partial charge in [-0.15, -0.1) is 0 Å². The minimum atomic E-state index is -1.01. The van der Waals surface area contributed by atoms with Gasteiger partial charge >= 0.3 is 0 Å². The van der Waals surface area contributed by atoms with E-state index in [1.165, 1.54) is 12.1 Å². The molecule has 0 bridgehead atoms. The van der Waals surface area contributed by atoms with Gasteiger partial charge in [0.1, 0.15) is 11.6 Å². The Morgan fingerprint density at radius 2 is 0.771 bits per heavy atom. The number of halogens is 2. The van der Waals surface area contributed by atoms with E-state index in [1.807, 2.05) is 50.2 Å². The van der Waals surface area contributed by atoms with Gasteiger partial charge in [-0.1, -0.05) is 193 Å². The average molecular weight is 923 g/mol. The van der Waals surface area contributed by atoms with Crippen molar-refractivity contribution >= 4 is 66.4 Å². The summed E-state index contributed by atoms with van der Waals surface area (Å²) < 4.78 is 194. The van der Waals surface area contributed by atoms with Gasteiger partial charge in [0.25, 0.3) is 0 Å². The fourth-order valence-corrected chi connectivity index (χ4v) is 9.30. The highest BCUT2D eigenvalue weighted by atomic mass is 19.1. The van der Waals surface area contributed by atoms with Crippen molar-refractivity contribution in [2.75, 3.05) is 9.80 Å². The topological polar surface area (TPSA) is 6.48 Å². The highest BCUT2D eigenvalue weighted by Gasteiger charge is 2.28. The van der Waals surface area contributed by atoms with E-state index in [-0.39, 0.29) is 55.9 Å². The van der Waals surface area contributed by atoms with Gasteiger partial charge in [-0.05, 0) is 129 Å². The molecule has 0 atom stereocenters. The van der Waals surface area contributed by atoms with Crippen LogP contribution in [0.2, 0.25) is 0 Å². The minimum absolute atomic E-state index is 0.117. The predicted octanol–water partition coefficient (Wildman–Crippen LogP) is 19.1. The van der Waals surface area contributed by atoms with Crippen LogP contribution in [-0.2, 0) is 0 Å². The molecule has 0 unspecified atom stereocenters. The zero-order valence-electron chi connectivity index (χ0n) is 55.4. The fourth-order valence-electron chi connectivity index (χ4n) is 9.30. The summed E-state index contributed by atoms with van der Waals surface area (Å²) in [6, 6.07) is 24.9. The normalized spacial score (nSPS) is 15.0. The highest BCUT2D eigenvalue weighted by molar-refractivity contribution is 6.28. The third kappa shape index (κ3) is 7.51. The van der Waals surface area contributed by atoms with Crippen LogP contribution in [0.1, 0.15) is 35.8 Å². The van der Waals surface area contributed by atoms with Crippen LogP contribution < -0.4 is 9.80 Å². The molecule has 12 aromatic carbocycles. The quantitative estimate of drug-likeness (QED) is 0.126. The molecule has 334 valence electrons. The maximum absolute atomic E-state index is 18.3. The Balaban J connectivity index is 1.17. The first-order valence-corrected chi connectivity index (χ1v) is 22.2. The molecule has 0 aliphatic carbocycles. The number of nitrogens with zero attached hydrogens (tertiary/aromatic N) is 2. The van der Waals surface area contributed by atoms with Crippen molar-refractivity contribution in [3.05, 3.63) is 265 Å². The van der Waals surface area contributed by atoms with Crippen molar-refractivity contribution in [3.8, 4) is 44.5 Å². The lowest BCUT2D eigenvalue weighted by Crippen LogP contribution is -2.15. The summed E-state index contributed by atoms with van der Waals surface area (Å²) in [6.45, 7) is 3.73. The summed E-state index contributed by atoms with van der Waals surface area (Å²) in [7, 11) is 0. The summed E-state index contributed by atoms with van der Waals surface area (Å²) in [4.78, 5) is 3.18. The number of anilines is 6. The van der Waals surface area contributed by atoms with Crippen molar-refractivity contribution in [2.24, 2.45) is 0 Å². The maximum atomic E-state index is 18.3. The molecule has 0 aromatic heterocycles. The van der Waals surface area contributed by atoms with Crippen LogP contribution in [-0.4, -0.2) is 0 Å². The van der Waals surface area contributed by atoms with E-state index in [1.54, 1.807) is 70.5 Å². The van der Waals surface area contributed by atoms with E-state index >= 15 is 8.78 Å². The predicted molar refractivity (Wildman–Crippen MR) is 291 cm³/mol. The Labute approximate surface area is 432 Å². The van der Waals surface area contributed by atoms with Crippen molar-refractivity contribution in [3.63, 3.8) is 0 Å². The first kappa shape index (κ1) is 27.2. The molecule has 0 fully saturated rings. The van der Waals surface area contributed by atoms with Gasteiger partial charge in [-0.3, -0.25) is 0 Å². The van der Waals surface area contributed by atoms with Crippen molar-refractivity contribution in [1.29, 1.82) is 0 Å². The Hall–Kier alpha value is -8.86. The average Bonchev–Trinajstić information content (AvgIpc) is 0.739. The molecule has 70 heavy (non-hydrogen) atoms. The lowest BCUT2D eigenvalue weighted by molar-refractivity contribution is 0.629. The molecular weight excluding hydrogens is 859 g/mol. The number of hydrogen-bond acceptors (Lipinski definition) is 2. The Morgan fingerprint density at radius 3 is 1.27 bits per heavy atom. The molecule has 0 saturated carbocycles. The Bertz CT molecular complexity index is 4900. The summed E-state index contributed by atoms with van der Waals surface area (Å²) in [5.74, 6) is -2.01. The van der Waals surface area contributed by atoms with Gasteiger partial charge in [0.15, 0.2) is 0 Å². The molecule has 12 aromatic rings. The smallest absolute Gasteiger partial charge is 0.148 e. The van der Waals surface area contributed by atoms with E-state index in [4.69, 9.17) is 20.6 Å². The van der Waals surface area contributed by atoms with Crippen LogP contribution in [0.15, 0.2) is 242 Å². The van der Waals surface area contributed by atoms with Gasteiger partial charge in [0.05, 0.1) is 47.4 Å². The number of rotatable bonds is 10. The molecule has 0 saturated heterocycles. The van der Waals surface area contributed by atoms with Gasteiger partial charge in [-0.2, -0.15) is 0 Å². The van der Waals surface area contributed by atoms with E-state index < -0.39 is 120 Å². The molecule has 0 N–H and O–H groups in total. The lowest BCUT2D eigenvalue weighted by atomic mass is 9.90. The zero-order valence-corrected chi connectivity index (χ0v) is 37.4. The fraction of sp³-hybridized carbons (Fsp3) is 0.0303. The molecule has 0 radical (unpaired) electrons. The SMILES string of the molecule is [2H]c1cc(-c2cc(-c3c([2H])c([2H])c([2H])c([2H])c3[2H])cc(F)c2N(c2ccc(C)cc2)c2ccc3ccc4c(N(c5ccc(C)cc5)c5c(F)cc(-c6c([2H])c([2H])c([2H])c([2H])c6[2H])cc5-c5c([2H])cc([2H])c([2H])c5[2H])ccc5ccc2c3c54)c([2H])c([2H])c1[2H]. The van der Waals surface area contributed by atoms with Crippen LogP contribution in [0.4, 0.5) is 42.9 Å². The van der Waals surface area contributed by atoms with E-state index in [9.17, 15) is 4.11 Å². The summed E-state index contributed by atoms with van der Waals surface area (Å²) in [6.07, 6.45) is 0. The molecule has 4 heteroatoms. The second-order valence-corrected chi connectivity index (χ2v) is 16.8. The van der Waals surface area contributed by atoms with Gasteiger partial charge < -0.3 is 9.80 Å².